The summed E-state index contributed by atoms with van der Waals surface area (Å²) in [5.74, 6) is 1.68. The van der Waals surface area contributed by atoms with Crippen molar-refractivity contribution in [1.29, 1.82) is 0 Å². The molecule has 0 spiro atoms. The maximum atomic E-state index is 13.8. The lowest BCUT2D eigenvalue weighted by Gasteiger charge is -2.31. The number of hydrogen-bond donors (Lipinski definition) is 0. The van der Waals surface area contributed by atoms with Crippen LogP contribution in [0.2, 0.25) is 0 Å². The van der Waals surface area contributed by atoms with Crippen LogP contribution in [0.5, 0.6) is 5.75 Å². The number of alkyl halides is 3. The van der Waals surface area contributed by atoms with Gasteiger partial charge in [-0.1, -0.05) is 77.2 Å². The zero-order chi connectivity index (χ0) is 20.9. The van der Waals surface area contributed by atoms with Crippen LogP contribution in [-0.2, 0) is 6.42 Å². The minimum Gasteiger partial charge on any atom is -0.403 e. The minimum absolute atomic E-state index is 0.649. The maximum absolute atomic E-state index is 13.8. The van der Waals surface area contributed by atoms with Gasteiger partial charge in [-0.05, 0) is 54.2 Å². The van der Waals surface area contributed by atoms with Crippen LogP contribution in [0.3, 0.4) is 0 Å². The first-order valence-electron chi connectivity index (χ1n) is 11.3. The molecule has 0 N–H and O–H groups in total. The molecule has 164 valence electrons. The van der Waals surface area contributed by atoms with E-state index in [0.717, 1.165) is 35.8 Å². The maximum Gasteiger partial charge on any atom is 0.573 e. The number of aryl methyl sites for hydroxylation is 1. The third-order valence-electron chi connectivity index (χ3n) is 7.15. The molecule has 0 bridgehead atoms. The number of hydrogen-bond acceptors (Lipinski definition) is 1. The van der Waals surface area contributed by atoms with E-state index in [0.29, 0.717) is 12.3 Å². The predicted octanol–water partition coefficient (Wildman–Crippen LogP) is 8.07. The van der Waals surface area contributed by atoms with Crippen molar-refractivity contribution in [2.75, 3.05) is 0 Å². The Morgan fingerprint density at radius 1 is 0.828 bits per heavy atom. The summed E-state index contributed by atoms with van der Waals surface area (Å²) in [6.07, 6.45) is 10.3. The molecule has 0 unspecified atom stereocenters. The molecule has 0 aromatic heterocycles. The van der Waals surface area contributed by atoms with E-state index in [1.165, 1.54) is 70.3 Å². The monoisotopic (exact) mass is 414 g/mol. The molecule has 5 heteroatoms. The lowest BCUT2D eigenvalue weighted by atomic mass is 9.75. The Bertz CT molecular complexity index is 626. The first-order chi connectivity index (χ1) is 13.8. The highest BCUT2D eigenvalue weighted by Gasteiger charge is 2.32. The smallest absolute Gasteiger partial charge is 0.403 e. The molecular formula is C24H34F4O. The highest BCUT2D eigenvalue weighted by atomic mass is 19.4. The lowest BCUT2D eigenvalue weighted by Crippen LogP contribution is -2.18. The molecule has 1 nitrogen and oxygen atoms in total. The Morgan fingerprint density at radius 2 is 1.34 bits per heavy atom. The summed E-state index contributed by atoms with van der Waals surface area (Å²) in [5, 5.41) is 0. The summed E-state index contributed by atoms with van der Waals surface area (Å²) in [7, 11) is 0. The fourth-order valence-corrected chi connectivity index (χ4v) is 5.18. The minimum atomic E-state index is -4.86. The van der Waals surface area contributed by atoms with E-state index >= 15 is 0 Å². The van der Waals surface area contributed by atoms with Gasteiger partial charge in [0.15, 0.2) is 11.6 Å². The number of ether oxygens (including phenoxy) is 1. The van der Waals surface area contributed by atoms with Gasteiger partial charge < -0.3 is 4.74 Å². The fourth-order valence-electron chi connectivity index (χ4n) is 5.18. The molecule has 0 heterocycles. The second kappa shape index (κ2) is 10.2. The molecule has 2 fully saturated rings. The van der Waals surface area contributed by atoms with Crippen molar-refractivity contribution < 1.29 is 22.3 Å². The molecule has 1 aromatic rings. The summed E-state index contributed by atoms with van der Waals surface area (Å²) in [5.41, 5.74) is 0.741. The van der Waals surface area contributed by atoms with Crippen molar-refractivity contribution in [2.24, 2.45) is 23.7 Å². The van der Waals surface area contributed by atoms with Gasteiger partial charge >= 0.3 is 6.36 Å². The summed E-state index contributed by atoms with van der Waals surface area (Å²) in [4.78, 5) is 0. The molecule has 2 saturated carbocycles. The van der Waals surface area contributed by atoms with Crippen LogP contribution in [0.1, 0.15) is 83.1 Å². The molecule has 0 radical (unpaired) electrons. The van der Waals surface area contributed by atoms with Crippen molar-refractivity contribution >= 4 is 0 Å². The highest BCUT2D eigenvalue weighted by Crippen LogP contribution is 2.37. The Labute approximate surface area is 172 Å². The van der Waals surface area contributed by atoms with Crippen LogP contribution in [0.4, 0.5) is 17.6 Å². The number of halogens is 4. The van der Waals surface area contributed by atoms with Gasteiger partial charge in [0.05, 0.1) is 0 Å². The van der Waals surface area contributed by atoms with E-state index in [4.69, 9.17) is 0 Å². The third kappa shape index (κ3) is 7.49. The van der Waals surface area contributed by atoms with Gasteiger partial charge in [-0.15, -0.1) is 13.2 Å². The zero-order valence-corrected chi connectivity index (χ0v) is 17.4. The summed E-state index contributed by atoms with van der Waals surface area (Å²) in [6, 6.07) is 3.81. The lowest BCUT2D eigenvalue weighted by molar-refractivity contribution is -0.275. The summed E-state index contributed by atoms with van der Waals surface area (Å²) in [6.45, 7) is 2.37. The van der Waals surface area contributed by atoms with Gasteiger partial charge in [-0.25, -0.2) is 4.39 Å². The van der Waals surface area contributed by atoms with Gasteiger partial charge in [0.2, 0.25) is 0 Å². The predicted molar refractivity (Wildman–Crippen MR) is 107 cm³/mol. The van der Waals surface area contributed by atoms with Crippen LogP contribution < -0.4 is 4.74 Å². The topological polar surface area (TPSA) is 9.23 Å². The van der Waals surface area contributed by atoms with Gasteiger partial charge in [-0.3, -0.25) is 0 Å². The van der Waals surface area contributed by atoms with E-state index in [-0.39, 0.29) is 0 Å². The third-order valence-corrected chi connectivity index (χ3v) is 7.15. The Balaban J connectivity index is 1.35. The van der Waals surface area contributed by atoms with Crippen molar-refractivity contribution in [3.8, 4) is 5.75 Å². The van der Waals surface area contributed by atoms with Crippen LogP contribution in [-0.4, -0.2) is 6.36 Å². The largest absolute Gasteiger partial charge is 0.573 e. The molecule has 1 aromatic carbocycles. The van der Waals surface area contributed by atoms with Crippen LogP contribution in [0.25, 0.3) is 0 Å². The van der Waals surface area contributed by atoms with Crippen molar-refractivity contribution in [2.45, 2.75) is 90.3 Å². The van der Waals surface area contributed by atoms with Gasteiger partial charge in [0.1, 0.15) is 0 Å². The van der Waals surface area contributed by atoms with Crippen LogP contribution in [0, 0.1) is 29.5 Å². The Morgan fingerprint density at radius 3 is 1.86 bits per heavy atom. The van der Waals surface area contributed by atoms with Gasteiger partial charge in [-0.2, -0.15) is 0 Å². The number of rotatable bonds is 7. The summed E-state index contributed by atoms with van der Waals surface area (Å²) >= 11 is 0. The molecule has 2 aliphatic rings. The molecule has 0 saturated heterocycles. The molecular weight excluding hydrogens is 380 g/mol. The molecule has 3 rings (SSSR count). The molecule has 2 aliphatic carbocycles. The molecule has 0 amide bonds. The normalized spacial score (nSPS) is 28.3. The Hall–Kier alpha value is -1.26. The van der Waals surface area contributed by atoms with Crippen molar-refractivity contribution in [3.63, 3.8) is 0 Å². The summed E-state index contributed by atoms with van der Waals surface area (Å²) < 4.78 is 54.2. The van der Waals surface area contributed by atoms with E-state index in [9.17, 15) is 17.6 Å². The van der Waals surface area contributed by atoms with Gasteiger partial charge in [0.25, 0.3) is 0 Å². The standard InChI is InChI=1S/C24H34F4O/c1-17-2-4-18(5-3-17)6-7-19-8-10-20(11-9-19)12-13-21-14-15-23(22(25)16-21)29-24(26,27)28/h14-20H,2-13H2,1H3. The molecule has 29 heavy (non-hydrogen) atoms. The Kier molecular flexibility index (Phi) is 7.86. The van der Waals surface area contributed by atoms with E-state index in [2.05, 4.69) is 11.7 Å². The average molecular weight is 415 g/mol. The van der Waals surface area contributed by atoms with Crippen molar-refractivity contribution in [1.82, 2.24) is 0 Å². The van der Waals surface area contributed by atoms with E-state index in [1.807, 2.05) is 0 Å². The second-order valence-corrected chi connectivity index (χ2v) is 9.44. The quantitative estimate of drug-likeness (QED) is 0.410. The van der Waals surface area contributed by atoms with Crippen molar-refractivity contribution in [3.05, 3.63) is 29.6 Å². The molecule has 0 aliphatic heterocycles. The van der Waals surface area contributed by atoms with Gasteiger partial charge in [0, 0.05) is 0 Å². The average Bonchev–Trinajstić information content (AvgIpc) is 2.68. The van der Waals surface area contributed by atoms with Crippen LogP contribution in [0.15, 0.2) is 18.2 Å². The first-order valence-corrected chi connectivity index (χ1v) is 11.3. The zero-order valence-electron chi connectivity index (χ0n) is 17.4. The molecule has 0 atom stereocenters. The van der Waals surface area contributed by atoms with E-state index < -0.39 is 17.9 Å². The van der Waals surface area contributed by atoms with Crippen LogP contribution >= 0.6 is 0 Å². The first kappa shape index (κ1) is 22.4. The second-order valence-electron chi connectivity index (χ2n) is 9.44. The van der Waals surface area contributed by atoms with E-state index in [1.54, 1.807) is 6.07 Å². The fraction of sp³-hybridized carbons (Fsp3) is 0.750. The SMILES string of the molecule is CC1CCC(CCC2CCC(CCc3ccc(OC(F)(F)F)c(F)c3)CC2)CC1. The highest BCUT2D eigenvalue weighted by molar-refractivity contribution is 5.29. The number of benzene rings is 1.